The number of H-pyrrole nitrogens is 2. The fraction of sp³-hybridized carbons (Fsp3) is 0.0714. The fourth-order valence-electron chi connectivity index (χ4n) is 4.37. The highest BCUT2D eigenvalue weighted by molar-refractivity contribution is 6.31. The van der Waals surface area contributed by atoms with Gasteiger partial charge in [0.15, 0.2) is 5.65 Å². The Labute approximate surface area is 211 Å². The van der Waals surface area contributed by atoms with E-state index in [-0.39, 0.29) is 5.91 Å². The summed E-state index contributed by atoms with van der Waals surface area (Å²) >= 11 is 6.25. The number of nitrogens with one attached hydrogen (secondary N) is 3. The molecular formula is C28H21ClN6O. The van der Waals surface area contributed by atoms with Crippen molar-refractivity contribution in [3.8, 4) is 33.6 Å². The molecule has 3 N–H and O–H groups in total. The molecule has 8 heteroatoms. The van der Waals surface area contributed by atoms with Crippen molar-refractivity contribution in [2.45, 2.75) is 13.3 Å². The lowest BCUT2D eigenvalue weighted by Gasteiger charge is -2.06. The lowest BCUT2D eigenvalue weighted by Crippen LogP contribution is -2.09. The zero-order valence-corrected chi connectivity index (χ0v) is 20.1. The topological polar surface area (TPSA) is 99.3 Å². The van der Waals surface area contributed by atoms with Gasteiger partial charge in [-0.25, -0.2) is 4.98 Å². The molecule has 0 spiro atoms. The van der Waals surface area contributed by atoms with E-state index in [0.29, 0.717) is 22.8 Å². The molecule has 0 saturated heterocycles. The predicted octanol–water partition coefficient (Wildman–Crippen LogP) is 6.84. The SMILES string of the molecule is CCC(=O)Nc1cncc(-c2cnc3[nH]nc(-c4cc5c(-c6cccc(Cl)c6)cccc5[nH]4)c3c2)c1. The second-order valence-electron chi connectivity index (χ2n) is 8.52. The standard InChI is InChI=1S/C28H21ClN6O/c1-2-26(36)32-20-10-17(13-30-15-20)18-11-23-27(34-35-28(23)31-14-18)25-12-22-21(7-4-8-24(22)33-25)16-5-3-6-19(29)9-16/h3-15,33H,2H2,1H3,(H,32,36)(H,31,34,35). The highest BCUT2D eigenvalue weighted by atomic mass is 35.5. The van der Waals surface area contributed by atoms with E-state index in [1.54, 1.807) is 18.6 Å². The number of anilines is 1. The van der Waals surface area contributed by atoms with E-state index < -0.39 is 0 Å². The summed E-state index contributed by atoms with van der Waals surface area (Å²) in [6, 6.07) is 20.0. The minimum atomic E-state index is -0.0596. The van der Waals surface area contributed by atoms with Gasteiger partial charge >= 0.3 is 0 Å². The number of hydrogen-bond donors (Lipinski definition) is 3. The van der Waals surface area contributed by atoms with Crippen molar-refractivity contribution < 1.29 is 4.79 Å². The maximum atomic E-state index is 11.8. The summed E-state index contributed by atoms with van der Waals surface area (Å²) in [6.45, 7) is 1.81. The molecule has 1 amide bonds. The average molecular weight is 493 g/mol. The largest absolute Gasteiger partial charge is 0.353 e. The number of benzene rings is 2. The molecule has 0 fully saturated rings. The first kappa shape index (κ1) is 22.0. The van der Waals surface area contributed by atoms with Crippen LogP contribution >= 0.6 is 11.6 Å². The Morgan fingerprint density at radius 3 is 2.67 bits per heavy atom. The lowest BCUT2D eigenvalue weighted by molar-refractivity contribution is -0.115. The Morgan fingerprint density at radius 1 is 0.944 bits per heavy atom. The number of amides is 1. The Hall–Kier alpha value is -4.49. The van der Waals surface area contributed by atoms with Crippen LogP contribution in [0.2, 0.25) is 5.02 Å². The molecule has 36 heavy (non-hydrogen) atoms. The van der Waals surface area contributed by atoms with Crippen molar-refractivity contribution in [1.29, 1.82) is 0 Å². The van der Waals surface area contributed by atoms with Gasteiger partial charge in [-0.15, -0.1) is 0 Å². The van der Waals surface area contributed by atoms with Crippen LogP contribution in [0.5, 0.6) is 0 Å². The summed E-state index contributed by atoms with van der Waals surface area (Å²) in [4.78, 5) is 24.2. The van der Waals surface area contributed by atoms with Gasteiger partial charge in [-0.05, 0) is 47.5 Å². The summed E-state index contributed by atoms with van der Waals surface area (Å²) < 4.78 is 0. The van der Waals surface area contributed by atoms with Crippen LogP contribution in [0.3, 0.4) is 0 Å². The molecular weight excluding hydrogens is 472 g/mol. The van der Waals surface area contributed by atoms with E-state index >= 15 is 0 Å². The first-order valence-corrected chi connectivity index (χ1v) is 11.9. The van der Waals surface area contributed by atoms with E-state index in [1.165, 1.54) is 0 Å². The fourth-order valence-corrected chi connectivity index (χ4v) is 4.56. The zero-order chi connectivity index (χ0) is 24.6. The van der Waals surface area contributed by atoms with Crippen LogP contribution in [0.15, 0.2) is 79.3 Å². The third kappa shape index (κ3) is 3.99. The van der Waals surface area contributed by atoms with E-state index in [4.69, 9.17) is 11.6 Å². The van der Waals surface area contributed by atoms with Crippen LogP contribution in [-0.2, 0) is 4.79 Å². The van der Waals surface area contributed by atoms with Gasteiger partial charge in [0.25, 0.3) is 0 Å². The monoisotopic (exact) mass is 492 g/mol. The zero-order valence-electron chi connectivity index (χ0n) is 19.3. The van der Waals surface area contributed by atoms with Gasteiger partial charge in [0, 0.05) is 51.3 Å². The normalized spacial score (nSPS) is 11.3. The summed E-state index contributed by atoms with van der Waals surface area (Å²) in [5.74, 6) is -0.0596. The molecule has 4 aromatic heterocycles. The Kier molecular flexibility index (Phi) is 5.47. The molecule has 0 radical (unpaired) electrons. The lowest BCUT2D eigenvalue weighted by atomic mass is 10.0. The summed E-state index contributed by atoms with van der Waals surface area (Å²) in [6.07, 6.45) is 5.56. The smallest absolute Gasteiger partial charge is 0.224 e. The first-order valence-electron chi connectivity index (χ1n) is 11.6. The summed E-state index contributed by atoms with van der Waals surface area (Å²) in [5.41, 5.74) is 7.87. The molecule has 4 heterocycles. The number of pyridine rings is 2. The molecule has 0 saturated carbocycles. The van der Waals surface area contributed by atoms with E-state index in [9.17, 15) is 4.79 Å². The average Bonchev–Trinajstić information content (AvgIpc) is 3.52. The van der Waals surface area contributed by atoms with Crippen LogP contribution in [0.4, 0.5) is 5.69 Å². The van der Waals surface area contributed by atoms with Crippen molar-refractivity contribution in [3.05, 3.63) is 84.3 Å². The van der Waals surface area contributed by atoms with Crippen molar-refractivity contribution in [3.63, 3.8) is 0 Å². The van der Waals surface area contributed by atoms with Crippen molar-refractivity contribution in [2.75, 3.05) is 5.32 Å². The van der Waals surface area contributed by atoms with Gasteiger partial charge in [-0.3, -0.25) is 14.9 Å². The molecule has 6 aromatic rings. The van der Waals surface area contributed by atoms with Crippen LogP contribution < -0.4 is 5.32 Å². The molecule has 7 nitrogen and oxygen atoms in total. The molecule has 0 unspecified atom stereocenters. The minimum Gasteiger partial charge on any atom is -0.353 e. The van der Waals surface area contributed by atoms with Crippen LogP contribution in [-0.4, -0.2) is 31.1 Å². The van der Waals surface area contributed by atoms with Crippen LogP contribution in [0.1, 0.15) is 13.3 Å². The number of halogens is 1. The molecule has 0 bridgehead atoms. The second-order valence-corrected chi connectivity index (χ2v) is 8.95. The maximum Gasteiger partial charge on any atom is 0.224 e. The summed E-state index contributed by atoms with van der Waals surface area (Å²) in [7, 11) is 0. The van der Waals surface area contributed by atoms with E-state index in [2.05, 4.69) is 48.7 Å². The van der Waals surface area contributed by atoms with Crippen LogP contribution in [0.25, 0.3) is 55.6 Å². The van der Waals surface area contributed by atoms with Crippen molar-refractivity contribution >= 4 is 45.1 Å². The Morgan fingerprint density at radius 2 is 1.81 bits per heavy atom. The van der Waals surface area contributed by atoms with Crippen LogP contribution in [0, 0.1) is 0 Å². The predicted molar refractivity (Wildman–Crippen MR) is 144 cm³/mol. The van der Waals surface area contributed by atoms with E-state index in [0.717, 1.165) is 49.9 Å². The number of rotatable bonds is 5. The van der Waals surface area contributed by atoms with Crippen molar-refractivity contribution in [2.24, 2.45) is 0 Å². The van der Waals surface area contributed by atoms with Gasteiger partial charge < -0.3 is 10.3 Å². The van der Waals surface area contributed by atoms with Gasteiger partial charge in [-0.2, -0.15) is 5.10 Å². The number of aromatic amines is 2. The highest BCUT2D eigenvalue weighted by Gasteiger charge is 2.15. The highest BCUT2D eigenvalue weighted by Crippen LogP contribution is 2.35. The first-order chi connectivity index (χ1) is 17.6. The third-order valence-corrected chi connectivity index (χ3v) is 6.38. The molecule has 6 rings (SSSR count). The Bertz CT molecular complexity index is 1750. The quantitative estimate of drug-likeness (QED) is 0.245. The molecule has 2 aromatic carbocycles. The van der Waals surface area contributed by atoms with Gasteiger partial charge in [0.1, 0.15) is 5.69 Å². The number of carbonyl (C=O) groups is 1. The van der Waals surface area contributed by atoms with Gasteiger partial charge in [0.05, 0.1) is 17.6 Å². The molecule has 0 aliphatic rings. The summed E-state index contributed by atoms with van der Waals surface area (Å²) in [5, 5.41) is 13.1. The molecule has 0 atom stereocenters. The second kappa shape index (κ2) is 8.94. The Balaban J connectivity index is 1.43. The molecule has 176 valence electrons. The number of carbonyl (C=O) groups excluding carboxylic acids is 1. The number of aromatic nitrogens is 5. The maximum absolute atomic E-state index is 11.8. The number of fused-ring (bicyclic) bond motifs is 2. The van der Waals surface area contributed by atoms with E-state index in [1.807, 2.05) is 49.4 Å². The van der Waals surface area contributed by atoms with Gasteiger partial charge in [-0.1, -0.05) is 42.8 Å². The third-order valence-electron chi connectivity index (χ3n) is 6.15. The number of hydrogen-bond acceptors (Lipinski definition) is 4. The molecule has 0 aliphatic carbocycles. The van der Waals surface area contributed by atoms with Gasteiger partial charge in [0.2, 0.25) is 5.91 Å². The number of nitrogens with zero attached hydrogens (tertiary/aromatic N) is 3. The minimum absolute atomic E-state index is 0.0596. The molecule has 0 aliphatic heterocycles. The van der Waals surface area contributed by atoms with Crippen molar-refractivity contribution in [1.82, 2.24) is 25.1 Å².